The van der Waals surface area contributed by atoms with E-state index in [4.69, 9.17) is 0 Å². The number of hydrogen-bond donors (Lipinski definition) is 1. The maximum atomic E-state index is 13.1. The third-order valence-corrected chi connectivity index (χ3v) is 3.53. The molecule has 0 bridgehead atoms. The molecule has 1 fully saturated rings. The van der Waals surface area contributed by atoms with E-state index in [9.17, 15) is 8.78 Å². The van der Waals surface area contributed by atoms with Crippen LogP contribution in [0.25, 0.3) is 0 Å². The highest BCUT2D eigenvalue weighted by atomic mass is 19.2. The topological polar surface area (TPSA) is 12.0 Å². The minimum absolute atomic E-state index is 0.0770. The molecule has 0 radical (unpaired) electrons. The molecule has 0 heterocycles. The van der Waals surface area contributed by atoms with Crippen LogP contribution in [0.1, 0.15) is 50.6 Å². The molecule has 1 unspecified atom stereocenters. The summed E-state index contributed by atoms with van der Waals surface area (Å²) < 4.78 is 25.9. The lowest BCUT2D eigenvalue weighted by Gasteiger charge is -2.26. The molecule has 3 heteroatoms. The zero-order chi connectivity index (χ0) is 12.3. The van der Waals surface area contributed by atoms with Crippen LogP contribution in [0.4, 0.5) is 8.78 Å². The highest BCUT2D eigenvalue weighted by molar-refractivity contribution is 5.20. The minimum atomic E-state index is -0.779. The lowest BCUT2D eigenvalue weighted by molar-refractivity contribution is 0.346. The fraction of sp³-hybridized carbons (Fsp3) is 0.571. The van der Waals surface area contributed by atoms with Crippen molar-refractivity contribution in [2.75, 3.05) is 0 Å². The molecule has 1 N–H and O–H groups in total. The van der Waals surface area contributed by atoms with E-state index in [-0.39, 0.29) is 6.04 Å². The van der Waals surface area contributed by atoms with Gasteiger partial charge in [0, 0.05) is 12.1 Å². The number of rotatable bonds is 3. The molecular weight excluding hydrogens is 220 g/mol. The SMILES string of the molecule is CC(NC1CCCCC1)c1ccc(F)c(F)c1. The van der Waals surface area contributed by atoms with Gasteiger partial charge >= 0.3 is 0 Å². The van der Waals surface area contributed by atoms with Gasteiger partial charge in [0.25, 0.3) is 0 Å². The Morgan fingerprint density at radius 2 is 1.82 bits per heavy atom. The van der Waals surface area contributed by atoms with E-state index in [0.717, 1.165) is 5.56 Å². The van der Waals surface area contributed by atoms with Gasteiger partial charge in [0.2, 0.25) is 0 Å². The van der Waals surface area contributed by atoms with Crippen LogP contribution in [0.2, 0.25) is 0 Å². The van der Waals surface area contributed by atoms with E-state index in [1.165, 1.54) is 44.2 Å². The third kappa shape index (κ3) is 3.25. The molecule has 1 aliphatic carbocycles. The number of hydrogen-bond acceptors (Lipinski definition) is 1. The van der Waals surface area contributed by atoms with E-state index in [1.807, 2.05) is 6.92 Å². The molecule has 1 saturated carbocycles. The summed E-state index contributed by atoms with van der Waals surface area (Å²) in [5.74, 6) is -1.54. The van der Waals surface area contributed by atoms with Gasteiger partial charge in [-0.2, -0.15) is 0 Å². The number of nitrogens with one attached hydrogen (secondary N) is 1. The summed E-state index contributed by atoms with van der Waals surface area (Å²) in [6.45, 7) is 2.00. The van der Waals surface area contributed by atoms with Crippen LogP contribution in [0.3, 0.4) is 0 Å². The Labute approximate surface area is 101 Å². The molecule has 0 spiro atoms. The first kappa shape index (κ1) is 12.5. The second-order valence-corrected chi connectivity index (χ2v) is 4.90. The predicted octanol–water partition coefficient (Wildman–Crippen LogP) is 3.95. The highest BCUT2D eigenvalue weighted by Gasteiger charge is 2.17. The second-order valence-electron chi connectivity index (χ2n) is 4.90. The Kier molecular flexibility index (Phi) is 4.11. The first-order valence-electron chi connectivity index (χ1n) is 6.38. The molecule has 0 saturated heterocycles. The normalized spacial score (nSPS) is 19.2. The lowest BCUT2D eigenvalue weighted by atomic mass is 9.94. The average Bonchev–Trinajstić information content (AvgIpc) is 2.34. The molecule has 1 aromatic rings. The quantitative estimate of drug-likeness (QED) is 0.842. The van der Waals surface area contributed by atoms with Crippen LogP contribution in [-0.4, -0.2) is 6.04 Å². The minimum Gasteiger partial charge on any atom is -0.307 e. The summed E-state index contributed by atoms with van der Waals surface area (Å²) in [7, 11) is 0. The summed E-state index contributed by atoms with van der Waals surface area (Å²) in [5, 5.41) is 3.49. The van der Waals surface area contributed by atoms with Gasteiger partial charge in [-0.15, -0.1) is 0 Å². The number of benzene rings is 1. The zero-order valence-electron chi connectivity index (χ0n) is 10.2. The van der Waals surface area contributed by atoms with Crippen LogP contribution in [0.5, 0.6) is 0 Å². The van der Waals surface area contributed by atoms with Gasteiger partial charge in [-0.1, -0.05) is 25.3 Å². The van der Waals surface area contributed by atoms with Crippen LogP contribution >= 0.6 is 0 Å². The van der Waals surface area contributed by atoms with E-state index in [2.05, 4.69) is 5.32 Å². The van der Waals surface area contributed by atoms with E-state index < -0.39 is 11.6 Å². The molecule has 1 aliphatic rings. The summed E-state index contributed by atoms with van der Waals surface area (Å²) in [6.07, 6.45) is 6.23. The second kappa shape index (κ2) is 5.58. The van der Waals surface area contributed by atoms with Crippen LogP contribution in [0.15, 0.2) is 18.2 Å². The Morgan fingerprint density at radius 3 is 2.47 bits per heavy atom. The average molecular weight is 239 g/mol. The van der Waals surface area contributed by atoms with Crippen LogP contribution in [0, 0.1) is 11.6 Å². The van der Waals surface area contributed by atoms with Gasteiger partial charge in [0.05, 0.1) is 0 Å². The molecule has 17 heavy (non-hydrogen) atoms. The van der Waals surface area contributed by atoms with Gasteiger partial charge in [-0.25, -0.2) is 8.78 Å². The molecule has 1 nitrogen and oxygen atoms in total. The molecule has 0 aliphatic heterocycles. The van der Waals surface area contributed by atoms with Crippen molar-refractivity contribution >= 4 is 0 Å². The maximum absolute atomic E-state index is 13.1. The van der Waals surface area contributed by atoms with Crippen molar-refractivity contribution in [2.45, 2.75) is 51.1 Å². The Bertz CT molecular complexity index is 372. The van der Waals surface area contributed by atoms with Crippen molar-refractivity contribution in [3.8, 4) is 0 Å². The molecule has 1 aromatic carbocycles. The highest BCUT2D eigenvalue weighted by Crippen LogP contribution is 2.22. The first-order valence-corrected chi connectivity index (χ1v) is 6.38. The Hall–Kier alpha value is -0.960. The zero-order valence-corrected chi connectivity index (χ0v) is 10.2. The standard InChI is InChI=1S/C14H19F2N/c1-10(17-12-5-3-2-4-6-12)11-7-8-13(15)14(16)9-11/h7-10,12,17H,2-6H2,1H3. The Balaban J connectivity index is 1.98. The van der Waals surface area contributed by atoms with E-state index in [0.29, 0.717) is 6.04 Å². The summed E-state index contributed by atoms with van der Waals surface area (Å²) in [5.41, 5.74) is 0.814. The summed E-state index contributed by atoms with van der Waals surface area (Å²) >= 11 is 0. The van der Waals surface area contributed by atoms with Crippen molar-refractivity contribution < 1.29 is 8.78 Å². The molecule has 0 aromatic heterocycles. The van der Waals surface area contributed by atoms with Gasteiger partial charge in [-0.3, -0.25) is 0 Å². The summed E-state index contributed by atoms with van der Waals surface area (Å²) in [6, 6.07) is 4.73. The Morgan fingerprint density at radius 1 is 1.12 bits per heavy atom. The van der Waals surface area contributed by atoms with Gasteiger partial charge in [0.15, 0.2) is 11.6 Å². The van der Waals surface area contributed by atoms with Gasteiger partial charge in [-0.05, 0) is 37.5 Å². The van der Waals surface area contributed by atoms with E-state index in [1.54, 1.807) is 6.07 Å². The van der Waals surface area contributed by atoms with Gasteiger partial charge < -0.3 is 5.32 Å². The lowest BCUT2D eigenvalue weighted by Crippen LogP contribution is -2.33. The van der Waals surface area contributed by atoms with Crippen molar-refractivity contribution in [1.82, 2.24) is 5.32 Å². The smallest absolute Gasteiger partial charge is 0.159 e. The molecular formula is C14H19F2N. The molecule has 2 rings (SSSR count). The van der Waals surface area contributed by atoms with Crippen molar-refractivity contribution in [1.29, 1.82) is 0 Å². The van der Waals surface area contributed by atoms with Crippen molar-refractivity contribution in [3.05, 3.63) is 35.4 Å². The fourth-order valence-electron chi connectivity index (χ4n) is 2.50. The van der Waals surface area contributed by atoms with Gasteiger partial charge in [0.1, 0.15) is 0 Å². The molecule has 94 valence electrons. The largest absolute Gasteiger partial charge is 0.307 e. The third-order valence-electron chi connectivity index (χ3n) is 3.53. The van der Waals surface area contributed by atoms with Crippen molar-refractivity contribution in [3.63, 3.8) is 0 Å². The van der Waals surface area contributed by atoms with Crippen LogP contribution < -0.4 is 5.32 Å². The molecule has 1 atom stereocenters. The maximum Gasteiger partial charge on any atom is 0.159 e. The molecule has 0 amide bonds. The van der Waals surface area contributed by atoms with Crippen LogP contribution in [-0.2, 0) is 0 Å². The predicted molar refractivity (Wildman–Crippen MR) is 64.8 cm³/mol. The fourth-order valence-corrected chi connectivity index (χ4v) is 2.50. The monoisotopic (exact) mass is 239 g/mol. The van der Waals surface area contributed by atoms with E-state index >= 15 is 0 Å². The summed E-state index contributed by atoms with van der Waals surface area (Å²) in [4.78, 5) is 0. The number of halogens is 2. The van der Waals surface area contributed by atoms with Crippen molar-refractivity contribution in [2.24, 2.45) is 0 Å². The first-order chi connectivity index (χ1) is 8.16.